The number of likely N-dealkylation sites (tertiary alicyclic amines) is 1. The van der Waals surface area contributed by atoms with Gasteiger partial charge < -0.3 is 9.80 Å². The summed E-state index contributed by atoms with van der Waals surface area (Å²) in [5, 5.41) is 1.80. The molecule has 7 heteroatoms. The van der Waals surface area contributed by atoms with E-state index >= 15 is 0 Å². The molecule has 0 unspecified atom stereocenters. The minimum absolute atomic E-state index is 0.0188. The van der Waals surface area contributed by atoms with Crippen LogP contribution in [0.2, 0.25) is 0 Å². The summed E-state index contributed by atoms with van der Waals surface area (Å²) in [7, 11) is 0. The van der Waals surface area contributed by atoms with E-state index in [9.17, 15) is 9.59 Å². The van der Waals surface area contributed by atoms with Gasteiger partial charge in [-0.05, 0) is 23.3 Å². The summed E-state index contributed by atoms with van der Waals surface area (Å²) >= 11 is 1.44. The fraction of sp³-hybridized carbons (Fsp3) is 0.292. The van der Waals surface area contributed by atoms with Gasteiger partial charge in [0.05, 0.1) is 5.51 Å². The van der Waals surface area contributed by atoms with Crippen LogP contribution in [0.4, 0.5) is 0 Å². The van der Waals surface area contributed by atoms with Gasteiger partial charge in [0, 0.05) is 56.3 Å². The lowest BCUT2D eigenvalue weighted by atomic mass is 10.0. The summed E-state index contributed by atoms with van der Waals surface area (Å²) in [5.41, 5.74) is 5.23. The second-order valence-electron chi connectivity index (χ2n) is 8.01. The van der Waals surface area contributed by atoms with Gasteiger partial charge in [-0.3, -0.25) is 14.5 Å². The molecule has 2 amide bonds. The third-order valence-electron chi connectivity index (χ3n) is 6.16. The predicted octanol–water partition coefficient (Wildman–Crippen LogP) is 3.09. The minimum atomic E-state index is 0.0188. The maximum atomic E-state index is 12.9. The summed E-state index contributed by atoms with van der Waals surface area (Å²) < 4.78 is 0. The Morgan fingerprint density at radius 1 is 0.806 bits per heavy atom. The monoisotopic (exact) mass is 432 g/mol. The molecule has 0 spiro atoms. The highest BCUT2D eigenvalue weighted by molar-refractivity contribution is 7.07. The van der Waals surface area contributed by atoms with Crippen LogP contribution in [0.25, 0.3) is 11.1 Å². The zero-order valence-electron chi connectivity index (χ0n) is 17.2. The van der Waals surface area contributed by atoms with Gasteiger partial charge in [-0.1, -0.05) is 42.5 Å². The molecule has 2 fully saturated rings. The van der Waals surface area contributed by atoms with Gasteiger partial charge in [-0.2, -0.15) is 0 Å². The van der Waals surface area contributed by atoms with E-state index < -0.39 is 0 Å². The molecule has 0 aliphatic carbocycles. The average Bonchev–Trinajstić information content (AvgIpc) is 3.34. The Morgan fingerprint density at radius 2 is 1.48 bits per heavy atom. The first-order valence-corrected chi connectivity index (χ1v) is 11.5. The summed E-state index contributed by atoms with van der Waals surface area (Å²) in [6.45, 7) is 4.61. The van der Waals surface area contributed by atoms with Crippen LogP contribution in [0, 0.1) is 0 Å². The van der Waals surface area contributed by atoms with Crippen LogP contribution in [-0.4, -0.2) is 76.8 Å². The number of rotatable bonds is 4. The van der Waals surface area contributed by atoms with Gasteiger partial charge in [0.1, 0.15) is 5.69 Å². The molecule has 0 N–H and O–H groups in total. The Labute approximate surface area is 185 Å². The van der Waals surface area contributed by atoms with E-state index in [1.165, 1.54) is 11.3 Å². The van der Waals surface area contributed by atoms with Crippen LogP contribution in [0.15, 0.2) is 65.5 Å². The maximum Gasteiger partial charge on any atom is 0.273 e. The molecule has 158 valence electrons. The van der Waals surface area contributed by atoms with Gasteiger partial charge in [-0.25, -0.2) is 4.98 Å². The van der Waals surface area contributed by atoms with Crippen molar-refractivity contribution in [1.82, 2.24) is 19.7 Å². The Hall–Kier alpha value is -3.03. The normalized spacial score (nSPS) is 17.4. The number of thiazole rings is 1. The van der Waals surface area contributed by atoms with Gasteiger partial charge in [0.15, 0.2) is 0 Å². The number of carbonyl (C=O) groups is 2. The van der Waals surface area contributed by atoms with Crippen molar-refractivity contribution in [2.45, 2.75) is 6.04 Å². The number of nitrogens with zero attached hydrogens (tertiary/aromatic N) is 4. The predicted molar refractivity (Wildman–Crippen MR) is 121 cm³/mol. The zero-order valence-corrected chi connectivity index (χ0v) is 18.0. The van der Waals surface area contributed by atoms with E-state index in [4.69, 9.17) is 0 Å². The first kappa shape index (κ1) is 19.9. The number of piperazine rings is 1. The van der Waals surface area contributed by atoms with Crippen molar-refractivity contribution < 1.29 is 9.59 Å². The standard InChI is InChI=1S/C24H24N4O2S/c29-23(20-8-6-19(7-9-20)18-4-2-1-3-5-18)27-12-10-26(11-13-27)21-14-28(15-21)24(30)22-16-31-17-25-22/h1-9,16-17,21H,10-15H2. The van der Waals surface area contributed by atoms with Crippen molar-refractivity contribution in [1.29, 1.82) is 0 Å². The van der Waals surface area contributed by atoms with E-state index in [1.54, 1.807) is 10.9 Å². The van der Waals surface area contributed by atoms with Crippen molar-refractivity contribution in [3.63, 3.8) is 0 Å². The molecule has 2 aliphatic rings. The van der Waals surface area contributed by atoms with E-state index in [1.807, 2.05) is 52.3 Å². The molecule has 2 aromatic carbocycles. The van der Waals surface area contributed by atoms with Crippen LogP contribution in [0.1, 0.15) is 20.8 Å². The molecule has 31 heavy (non-hydrogen) atoms. The molecule has 3 aromatic rings. The second kappa shape index (κ2) is 8.61. The van der Waals surface area contributed by atoms with E-state index in [2.05, 4.69) is 22.0 Å². The Balaban J connectivity index is 1.12. The topological polar surface area (TPSA) is 56.8 Å². The number of benzene rings is 2. The molecule has 0 atom stereocenters. The van der Waals surface area contributed by atoms with E-state index in [0.717, 1.165) is 56.0 Å². The molecule has 0 saturated carbocycles. The highest BCUT2D eigenvalue weighted by Gasteiger charge is 2.37. The Kier molecular flexibility index (Phi) is 5.53. The van der Waals surface area contributed by atoms with Crippen molar-refractivity contribution in [2.75, 3.05) is 39.3 Å². The van der Waals surface area contributed by atoms with Gasteiger partial charge >= 0.3 is 0 Å². The number of amides is 2. The minimum Gasteiger partial charge on any atom is -0.336 e. The molecule has 1 aromatic heterocycles. The first-order valence-electron chi connectivity index (χ1n) is 10.6. The Morgan fingerprint density at radius 3 is 2.13 bits per heavy atom. The van der Waals surface area contributed by atoms with Crippen LogP contribution in [0.5, 0.6) is 0 Å². The van der Waals surface area contributed by atoms with Crippen molar-refractivity contribution in [3.05, 3.63) is 76.7 Å². The molecule has 5 rings (SSSR count). The third-order valence-corrected chi connectivity index (χ3v) is 6.74. The van der Waals surface area contributed by atoms with Crippen LogP contribution in [-0.2, 0) is 0 Å². The summed E-state index contributed by atoms with van der Waals surface area (Å²) in [6.07, 6.45) is 0. The molecule has 2 aliphatic heterocycles. The molecular formula is C24H24N4O2S. The van der Waals surface area contributed by atoms with E-state index in [-0.39, 0.29) is 11.8 Å². The number of carbonyl (C=O) groups excluding carboxylic acids is 2. The van der Waals surface area contributed by atoms with Crippen LogP contribution < -0.4 is 0 Å². The van der Waals surface area contributed by atoms with Crippen LogP contribution in [0.3, 0.4) is 0 Å². The van der Waals surface area contributed by atoms with Gasteiger partial charge in [0.2, 0.25) is 0 Å². The summed E-state index contributed by atoms with van der Waals surface area (Å²) in [6, 6.07) is 18.4. The van der Waals surface area contributed by atoms with E-state index in [0.29, 0.717) is 11.7 Å². The molecular weight excluding hydrogens is 408 g/mol. The highest BCUT2D eigenvalue weighted by atomic mass is 32.1. The smallest absolute Gasteiger partial charge is 0.273 e. The lowest BCUT2D eigenvalue weighted by Crippen LogP contribution is -2.64. The molecule has 2 saturated heterocycles. The molecule has 6 nitrogen and oxygen atoms in total. The SMILES string of the molecule is O=C(c1ccc(-c2ccccc2)cc1)N1CCN(C2CN(C(=O)c3cscn3)C2)CC1. The fourth-order valence-electron chi connectivity index (χ4n) is 4.24. The van der Waals surface area contributed by atoms with Crippen molar-refractivity contribution in [3.8, 4) is 11.1 Å². The number of hydrogen-bond donors (Lipinski definition) is 0. The van der Waals surface area contributed by atoms with Gasteiger partial charge in [-0.15, -0.1) is 11.3 Å². The zero-order chi connectivity index (χ0) is 21.2. The number of aromatic nitrogens is 1. The molecule has 0 radical (unpaired) electrons. The van der Waals surface area contributed by atoms with Crippen LogP contribution >= 0.6 is 11.3 Å². The fourth-order valence-corrected chi connectivity index (χ4v) is 4.77. The largest absolute Gasteiger partial charge is 0.336 e. The second-order valence-corrected chi connectivity index (χ2v) is 8.73. The molecule has 0 bridgehead atoms. The highest BCUT2D eigenvalue weighted by Crippen LogP contribution is 2.22. The average molecular weight is 433 g/mol. The lowest BCUT2D eigenvalue weighted by Gasteiger charge is -2.47. The maximum absolute atomic E-state index is 12.9. The van der Waals surface area contributed by atoms with Crippen molar-refractivity contribution >= 4 is 23.2 Å². The quantitative estimate of drug-likeness (QED) is 0.636. The van der Waals surface area contributed by atoms with Crippen molar-refractivity contribution in [2.24, 2.45) is 0 Å². The summed E-state index contributed by atoms with van der Waals surface area (Å²) in [4.78, 5) is 35.5. The van der Waals surface area contributed by atoms with Gasteiger partial charge in [0.25, 0.3) is 11.8 Å². The first-order chi connectivity index (χ1) is 15.2. The third kappa shape index (κ3) is 4.11. The number of hydrogen-bond acceptors (Lipinski definition) is 5. The molecule has 3 heterocycles. The Bertz CT molecular complexity index is 1040. The summed E-state index contributed by atoms with van der Waals surface area (Å²) in [5.74, 6) is 0.110. The lowest BCUT2D eigenvalue weighted by molar-refractivity contribution is 0.00827.